The highest BCUT2D eigenvalue weighted by Gasteiger charge is 2.32. The molecule has 1 aliphatic carbocycles. The van der Waals surface area contributed by atoms with Crippen molar-refractivity contribution in [3.63, 3.8) is 0 Å². The van der Waals surface area contributed by atoms with Gasteiger partial charge in [-0.05, 0) is 47.9 Å². The molecule has 0 radical (unpaired) electrons. The fraction of sp³-hybridized carbons (Fsp3) is 0.480. The summed E-state index contributed by atoms with van der Waals surface area (Å²) in [4.78, 5) is 15.1. The number of methoxy groups -OCH3 is 3. The second kappa shape index (κ2) is 9.88. The van der Waals surface area contributed by atoms with Gasteiger partial charge in [0.05, 0.1) is 21.3 Å². The molecule has 1 saturated carbocycles. The maximum absolute atomic E-state index is 13.1. The lowest BCUT2D eigenvalue weighted by atomic mass is 10.0. The van der Waals surface area contributed by atoms with Gasteiger partial charge in [-0.15, -0.1) is 0 Å². The third kappa shape index (κ3) is 5.07. The van der Waals surface area contributed by atoms with Crippen LogP contribution in [0.2, 0.25) is 0 Å². The standard InChI is InChI=1S/C25H33NO4/c1-17(2)19-8-6-18(7-9-19)16-26(21-12-13-21)23(27)15-11-20-10-14-22(28-3)25(30-5)24(20)29-4/h6-10,14,17,21H,11-13,15-16H2,1-5H3. The highest BCUT2D eigenvalue weighted by Crippen LogP contribution is 2.40. The van der Waals surface area contributed by atoms with Crippen molar-refractivity contribution in [2.45, 2.75) is 58.0 Å². The van der Waals surface area contributed by atoms with Crippen molar-refractivity contribution in [3.05, 3.63) is 53.1 Å². The number of hydrogen-bond acceptors (Lipinski definition) is 4. The zero-order valence-corrected chi connectivity index (χ0v) is 18.7. The third-order valence-corrected chi connectivity index (χ3v) is 5.70. The van der Waals surface area contributed by atoms with Gasteiger partial charge >= 0.3 is 0 Å². The van der Waals surface area contributed by atoms with Crippen LogP contribution >= 0.6 is 0 Å². The number of amides is 1. The van der Waals surface area contributed by atoms with Gasteiger partial charge in [-0.1, -0.05) is 44.2 Å². The van der Waals surface area contributed by atoms with Gasteiger partial charge in [-0.2, -0.15) is 0 Å². The van der Waals surface area contributed by atoms with Crippen LogP contribution in [-0.4, -0.2) is 38.2 Å². The van der Waals surface area contributed by atoms with Crippen LogP contribution in [0.15, 0.2) is 36.4 Å². The summed E-state index contributed by atoms with van der Waals surface area (Å²) < 4.78 is 16.4. The maximum Gasteiger partial charge on any atom is 0.223 e. The van der Waals surface area contributed by atoms with E-state index in [9.17, 15) is 4.79 Å². The quantitative estimate of drug-likeness (QED) is 0.554. The van der Waals surface area contributed by atoms with E-state index in [1.807, 2.05) is 17.0 Å². The van der Waals surface area contributed by atoms with E-state index in [2.05, 4.69) is 38.1 Å². The summed E-state index contributed by atoms with van der Waals surface area (Å²) in [6, 6.07) is 12.8. The Morgan fingerprint density at radius 2 is 1.63 bits per heavy atom. The highest BCUT2D eigenvalue weighted by atomic mass is 16.5. The fourth-order valence-electron chi connectivity index (χ4n) is 3.76. The normalized spacial score (nSPS) is 13.3. The van der Waals surface area contributed by atoms with E-state index in [1.54, 1.807) is 21.3 Å². The van der Waals surface area contributed by atoms with E-state index in [4.69, 9.17) is 14.2 Å². The first-order valence-corrected chi connectivity index (χ1v) is 10.6. The van der Waals surface area contributed by atoms with E-state index in [0.717, 1.165) is 18.4 Å². The number of rotatable bonds is 10. The molecule has 0 heterocycles. The predicted octanol–water partition coefficient (Wildman–Crippen LogP) is 4.96. The van der Waals surface area contributed by atoms with Gasteiger partial charge in [0.2, 0.25) is 11.7 Å². The number of benzene rings is 2. The van der Waals surface area contributed by atoms with Crippen molar-refractivity contribution >= 4 is 5.91 Å². The maximum atomic E-state index is 13.1. The molecule has 0 aromatic heterocycles. The van der Waals surface area contributed by atoms with Gasteiger partial charge in [0, 0.05) is 19.0 Å². The van der Waals surface area contributed by atoms with Crippen molar-refractivity contribution in [2.75, 3.05) is 21.3 Å². The van der Waals surface area contributed by atoms with Gasteiger partial charge in [0.15, 0.2) is 11.5 Å². The lowest BCUT2D eigenvalue weighted by Gasteiger charge is -2.23. The molecule has 0 atom stereocenters. The van der Waals surface area contributed by atoms with Crippen LogP contribution < -0.4 is 14.2 Å². The van der Waals surface area contributed by atoms with Gasteiger partial charge in [0.25, 0.3) is 0 Å². The Morgan fingerprint density at radius 3 is 2.17 bits per heavy atom. The predicted molar refractivity (Wildman–Crippen MR) is 119 cm³/mol. The average molecular weight is 412 g/mol. The zero-order valence-electron chi connectivity index (χ0n) is 18.7. The summed E-state index contributed by atoms with van der Waals surface area (Å²) in [6.07, 6.45) is 3.22. The van der Waals surface area contributed by atoms with Crippen LogP contribution in [0, 0.1) is 0 Å². The first-order chi connectivity index (χ1) is 14.5. The SMILES string of the molecule is COc1ccc(CCC(=O)N(Cc2ccc(C(C)C)cc2)C2CC2)c(OC)c1OC. The van der Waals surface area contributed by atoms with Crippen LogP contribution in [-0.2, 0) is 17.8 Å². The first-order valence-electron chi connectivity index (χ1n) is 10.6. The molecule has 0 aliphatic heterocycles. The molecule has 5 heteroatoms. The smallest absolute Gasteiger partial charge is 0.223 e. The molecule has 0 N–H and O–H groups in total. The molecule has 30 heavy (non-hydrogen) atoms. The third-order valence-electron chi connectivity index (χ3n) is 5.70. The zero-order chi connectivity index (χ0) is 21.7. The van der Waals surface area contributed by atoms with Crippen LogP contribution in [0.4, 0.5) is 0 Å². The number of aryl methyl sites for hydroxylation is 1. The molecular weight excluding hydrogens is 378 g/mol. The van der Waals surface area contributed by atoms with E-state index in [0.29, 0.717) is 48.6 Å². The Kier molecular flexibility index (Phi) is 7.24. The molecule has 1 amide bonds. The minimum absolute atomic E-state index is 0.183. The van der Waals surface area contributed by atoms with Crippen molar-refractivity contribution in [2.24, 2.45) is 0 Å². The number of ether oxygens (including phenoxy) is 3. The molecule has 5 nitrogen and oxygen atoms in total. The molecule has 0 unspecified atom stereocenters. The van der Waals surface area contributed by atoms with E-state index in [1.165, 1.54) is 11.1 Å². The Bertz CT molecular complexity index is 856. The van der Waals surface area contributed by atoms with Gasteiger partial charge < -0.3 is 19.1 Å². The molecule has 1 fully saturated rings. The van der Waals surface area contributed by atoms with Gasteiger partial charge in [-0.25, -0.2) is 0 Å². The lowest BCUT2D eigenvalue weighted by molar-refractivity contribution is -0.132. The first kappa shape index (κ1) is 22.0. The summed E-state index contributed by atoms with van der Waals surface area (Å²) >= 11 is 0. The number of carbonyl (C=O) groups is 1. The van der Waals surface area contributed by atoms with Crippen molar-refractivity contribution in [3.8, 4) is 17.2 Å². The van der Waals surface area contributed by atoms with E-state index >= 15 is 0 Å². The largest absolute Gasteiger partial charge is 0.493 e. The van der Waals surface area contributed by atoms with Crippen LogP contribution in [0.1, 0.15) is 55.7 Å². The second-order valence-electron chi connectivity index (χ2n) is 8.14. The van der Waals surface area contributed by atoms with E-state index < -0.39 is 0 Å². The Hall–Kier alpha value is -2.69. The topological polar surface area (TPSA) is 48.0 Å². The molecule has 0 bridgehead atoms. The van der Waals surface area contributed by atoms with Crippen molar-refractivity contribution < 1.29 is 19.0 Å². The second-order valence-corrected chi connectivity index (χ2v) is 8.14. The minimum atomic E-state index is 0.183. The molecule has 2 aromatic rings. The highest BCUT2D eigenvalue weighted by molar-refractivity contribution is 5.77. The molecule has 3 rings (SSSR count). The van der Waals surface area contributed by atoms with Gasteiger partial charge in [0.1, 0.15) is 0 Å². The van der Waals surface area contributed by atoms with Gasteiger partial charge in [-0.3, -0.25) is 4.79 Å². The lowest BCUT2D eigenvalue weighted by Crippen LogP contribution is -2.32. The Morgan fingerprint density at radius 1 is 0.967 bits per heavy atom. The Labute approximate surface area is 179 Å². The summed E-state index contributed by atoms with van der Waals surface area (Å²) in [6.45, 7) is 5.06. The minimum Gasteiger partial charge on any atom is -0.493 e. The van der Waals surface area contributed by atoms with Crippen LogP contribution in [0.3, 0.4) is 0 Å². The molecule has 1 aliphatic rings. The molecule has 0 saturated heterocycles. The van der Waals surface area contributed by atoms with Crippen molar-refractivity contribution in [1.82, 2.24) is 4.90 Å². The van der Waals surface area contributed by atoms with E-state index in [-0.39, 0.29) is 5.91 Å². The van der Waals surface area contributed by atoms with Crippen molar-refractivity contribution in [1.29, 1.82) is 0 Å². The number of nitrogens with zero attached hydrogens (tertiary/aromatic N) is 1. The van der Waals surface area contributed by atoms with Crippen LogP contribution in [0.5, 0.6) is 17.2 Å². The molecule has 2 aromatic carbocycles. The Balaban J connectivity index is 1.69. The summed E-state index contributed by atoms with van der Waals surface area (Å²) in [5.41, 5.74) is 3.45. The summed E-state index contributed by atoms with van der Waals surface area (Å²) in [7, 11) is 4.80. The summed E-state index contributed by atoms with van der Waals surface area (Å²) in [5, 5.41) is 0. The number of carbonyl (C=O) groups excluding carboxylic acids is 1. The number of hydrogen-bond donors (Lipinski definition) is 0. The molecule has 0 spiro atoms. The molecule has 162 valence electrons. The molecular formula is C25H33NO4. The monoisotopic (exact) mass is 411 g/mol. The average Bonchev–Trinajstić information content (AvgIpc) is 3.60. The summed E-state index contributed by atoms with van der Waals surface area (Å²) in [5.74, 6) is 2.51. The van der Waals surface area contributed by atoms with Crippen LogP contribution in [0.25, 0.3) is 0 Å². The fourth-order valence-corrected chi connectivity index (χ4v) is 3.76.